The fourth-order valence-corrected chi connectivity index (χ4v) is 2.87. The Balaban J connectivity index is 1.74. The van der Waals surface area contributed by atoms with E-state index in [1.165, 1.54) is 5.56 Å². The monoisotopic (exact) mass is 336 g/mol. The van der Waals surface area contributed by atoms with Gasteiger partial charge in [-0.15, -0.1) is 0 Å². The molecule has 1 aromatic carbocycles. The molecule has 0 N–H and O–H groups in total. The number of aromatic nitrogens is 1. The highest BCUT2D eigenvalue weighted by Gasteiger charge is 2.30. The molecule has 0 bridgehead atoms. The Hall–Kier alpha value is -1.17. The van der Waals surface area contributed by atoms with Crippen molar-refractivity contribution < 1.29 is 9.26 Å². The van der Waals surface area contributed by atoms with Crippen molar-refractivity contribution in [2.45, 2.75) is 25.6 Å². The molecule has 1 fully saturated rings. The summed E-state index contributed by atoms with van der Waals surface area (Å²) < 4.78 is 12.3. The molecule has 20 heavy (non-hydrogen) atoms. The molecule has 2 unspecified atom stereocenters. The molecule has 1 aliphatic rings. The molecule has 1 aliphatic heterocycles. The van der Waals surface area contributed by atoms with E-state index in [4.69, 9.17) is 9.26 Å². The van der Waals surface area contributed by atoms with Gasteiger partial charge in [-0.3, -0.25) is 4.90 Å². The van der Waals surface area contributed by atoms with Crippen LogP contribution in [-0.2, 0) is 11.3 Å². The Morgan fingerprint density at radius 2 is 2.10 bits per heavy atom. The first-order chi connectivity index (χ1) is 9.74. The molecule has 4 nitrogen and oxygen atoms in total. The van der Waals surface area contributed by atoms with Crippen LogP contribution >= 0.6 is 15.9 Å². The number of nitrogens with zero attached hydrogens (tertiary/aromatic N) is 2. The molecule has 0 spiro atoms. The first-order valence-corrected chi connectivity index (χ1v) is 7.54. The zero-order valence-electron chi connectivity index (χ0n) is 11.3. The summed E-state index contributed by atoms with van der Waals surface area (Å²) in [6.45, 7) is 4.62. The van der Waals surface area contributed by atoms with Gasteiger partial charge in [0.2, 0.25) is 0 Å². The minimum absolute atomic E-state index is 0.0970. The van der Waals surface area contributed by atoms with Crippen molar-refractivity contribution >= 4 is 15.9 Å². The topological polar surface area (TPSA) is 38.5 Å². The minimum atomic E-state index is 0.0970. The number of rotatable bonds is 3. The van der Waals surface area contributed by atoms with E-state index in [1.54, 1.807) is 6.20 Å². The van der Waals surface area contributed by atoms with Crippen LogP contribution in [0.5, 0.6) is 0 Å². The van der Waals surface area contributed by atoms with Crippen molar-refractivity contribution in [1.82, 2.24) is 10.1 Å². The molecule has 2 aromatic rings. The molecule has 2 heterocycles. The predicted molar refractivity (Wildman–Crippen MR) is 79.2 cm³/mol. The van der Waals surface area contributed by atoms with Gasteiger partial charge in [-0.05, 0) is 24.6 Å². The van der Waals surface area contributed by atoms with Gasteiger partial charge in [0.15, 0.2) is 5.76 Å². The Morgan fingerprint density at radius 3 is 2.80 bits per heavy atom. The van der Waals surface area contributed by atoms with Gasteiger partial charge in [0.05, 0.1) is 25.5 Å². The first-order valence-electron chi connectivity index (χ1n) is 6.75. The second kappa shape index (κ2) is 6.08. The molecule has 0 amide bonds. The number of benzene rings is 1. The van der Waals surface area contributed by atoms with Crippen molar-refractivity contribution in [2.24, 2.45) is 0 Å². The molecule has 0 saturated carbocycles. The van der Waals surface area contributed by atoms with E-state index < -0.39 is 0 Å². The summed E-state index contributed by atoms with van der Waals surface area (Å²) in [5, 5.41) is 3.76. The van der Waals surface area contributed by atoms with Crippen molar-refractivity contribution in [3.05, 3.63) is 52.3 Å². The molecule has 0 aliphatic carbocycles. The lowest BCUT2D eigenvalue weighted by Crippen LogP contribution is -2.44. The summed E-state index contributed by atoms with van der Waals surface area (Å²) in [5.74, 6) is 0.897. The van der Waals surface area contributed by atoms with Crippen LogP contribution in [0.1, 0.15) is 24.4 Å². The van der Waals surface area contributed by atoms with Crippen LogP contribution in [0.15, 0.2) is 45.5 Å². The van der Waals surface area contributed by atoms with Crippen LogP contribution in [0, 0.1) is 0 Å². The van der Waals surface area contributed by atoms with Crippen LogP contribution < -0.4 is 0 Å². The second-order valence-electron chi connectivity index (χ2n) is 5.03. The summed E-state index contributed by atoms with van der Waals surface area (Å²) in [6.07, 6.45) is 1.78. The number of halogens is 1. The quantitative estimate of drug-likeness (QED) is 0.861. The minimum Gasteiger partial charge on any atom is -0.371 e. The molecule has 1 aromatic heterocycles. The zero-order valence-corrected chi connectivity index (χ0v) is 12.9. The summed E-state index contributed by atoms with van der Waals surface area (Å²) >= 11 is 3.47. The van der Waals surface area contributed by atoms with Gasteiger partial charge in [-0.25, -0.2) is 0 Å². The van der Waals surface area contributed by atoms with Gasteiger partial charge in [-0.1, -0.05) is 33.2 Å². The van der Waals surface area contributed by atoms with Gasteiger partial charge in [0, 0.05) is 23.1 Å². The summed E-state index contributed by atoms with van der Waals surface area (Å²) in [7, 11) is 0. The largest absolute Gasteiger partial charge is 0.371 e. The number of hydrogen-bond acceptors (Lipinski definition) is 4. The van der Waals surface area contributed by atoms with Gasteiger partial charge < -0.3 is 9.26 Å². The van der Waals surface area contributed by atoms with Crippen molar-refractivity contribution in [1.29, 1.82) is 0 Å². The van der Waals surface area contributed by atoms with Crippen LogP contribution in [0.3, 0.4) is 0 Å². The summed E-state index contributed by atoms with van der Waals surface area (Å²) in [6, 6.07) is 10.6. The molecule has 1 saturated heterocycles. The third-order valence-electron chi connectivity index (χ3n) is 3.74. The van der Waals surface area contributed by atoms with Gasteiger partial charge in [0.1, 0.15) is 0 Å². The number of ether oxygens (including phenoxy) is 1. The van der Waals surface area contributed by atoms with Gasteiger partial charge in [0.25, 0.3) is 0 Å². The van der Waals surface area contributed by atoms with E-state index in [2.05, 4.69) is 57.2 Å². The van der Waals surface area contributed by atoms with Crippen molar-refractivity contribution in [3.8, 4) is 0 Å². The second-order valence-corrected chi connectivity index (χ2v) is 5.95. The van der Waals surface area contributed by atoms with E-state index in [-0.39, 0.29) is 6.10 Å². The Bertz CT molecular complexity index is 542. The van der Waals surface area contributed by atoms with Gasteiger partial charge >= 0.3 is 0 Å². The average molecular weight is 337 g/mol. The number of morpholine rings is 1. The lowest BCUT2D eigenvalue weighted by Gasteiger charge is -2.39. The lowest BCUT2D eigenvalue weighted by atomic mass is 10.0. The molecular formula is C15H17BrN2O2. The maximum Gasteiger partial charge on any atom is 0.150 e. The average Bonchev–Trinajstić information content (AvgIpc) is 2.95. The van der Waals surface area contributed by atoms with Crippen molar-refractivity contribution in [3.63, 3.8) is 0 Å². The standard InChI is InChI=1S/C15H17BrN2O2/c1-11-15(12-2-4-13(16)5-3-12)19-9-8-18(11)10-14-6-7-17-20-14/h2-7,11,15H,8-10H2,1H3. The highest BCUT2D eigenvalue weighted by molar-refractivity contribution is 9.10. The van der Waals surface area contributed by atoms with Crippen LogP contribution in [-0.4, -0.2) is 29.3 Å². The van der Waals surface area contributed by atoms with Gasteiger partial charge in [-0.2, -0.15) is 0 Å². The maximum absolute atomic E-state index is 5.96. The summed E-state index contributed by atoms with van der Waals surface area (Å²) in [4.78, 5) is 2.37. The van der Waals surface area contributed by atoms with E-state index in [0.717, 1.165) is 29.9 Å². The van der Waals surface area contributed by atoms with Crippen LogP contribution in [0.4, 0.5) is 0 Å². The highest BCUT2D eigenvalue weighted by atomic mass is 79.9. The van der Waals surface area contributed by atoms with Crippen molar-refractivity contribution in [2.75, 3.05) is 13.2 Å². The molecule has 3 rings (SSSR count). The maximum atomic E-state index is 5.96. The SMILES string of the molecule is CC1C(c2ccc(Br)cc2)OCCN1Cc1ccno1. The third kappa shape index (κ3) is 2.95. The molecule has 106 valence electrons. The van der Waals surface area contributed by atoms with Crippen LogP contribution in [0.2, 0.25) is 0 Å². The van der Waals surface area contributed by atoms with E-state index in [0.29, 0.717) is 6.04 Å². The van der Waals surface area contributed by atoms with E-state index in [9.17, 15) is 0 Å². The third-order valence-corrected chi connectivity index (χ3v) is 4.27. The molecule has 0 radical (unpaired) electrons. The number of hydrogen-bond donors (Lipinski definition) is 0. The molecule has 2 atom stereocenters. The predicted octanol–water partition coefficient (Wildman–Crippen LogP) is 3.40. The first kappa shape index (κ1) is 13.8. The highest BCUT2D eigenvalue weighted by Crippen LogP contribution is 2.30. The fourth-order valence-electron chi connectivity index (χ4n) is 2.61. The Kier molecular flexibility index (Phi) is 4.19. The summed E-state index contributed by atoms with van der Waals surface area (Å²) in [5.41, 5.74) is 1.21. The zero-order chi connectivity index (χ0) is 13.9. The Morgan fingerprint density at radius 1 is 1.30 bits per heavy atom. The Labute approximate surface area is 126 Å². The van der Waals surface area contributed by atoms with E-state index >= 15 is 0 Å². The smallest absolute Gasteiger partial charge is 0.150 e. The normalized spacial score (nSPS) is 23.9. The lowest BCUT2D eigenvalue weighted by molar-refractivity contribution is -0.0723. The molecule has 5 heteroatoms. The fraction of sp³-hybridized carbons (Fsp3) is 0.400. The molecular weight excluding hydrogens is 320 g/mol. The van der Waals surface area contributed by atoms with Crippen LogP contribution in [0.25, 0.3) is 0 Å². The van der Waals surface area contributed by atoms with E-state index in [1.807, 2.05) is 6.07 Å².